The molecule has 0 saturated heterocycles. The van der Waals surface area contributed by atoms with Crippen LogP contribution >= 0.6 is 27.6 Å². The van der Waals surface area contributed by atoms with Crippen molar-refractivity contribution in [3.8, 4) is 5.75 Å². The van der Waals surface area contributed by atoms with Crippen molar-refractivity contribution in [2.45, 2.75) is 9.79 Å². The zero-order valence-electron chi connectivity index (χ0n) is 10.3. The van der Waals surface area contributed by atoms with E-state index in [1.165, 1.54) is 0 Å². The predicted octanol–water partition coefficient (Wildman–Crippen LogP) is -0.676. The molecule has 0 bridgehead atoms. The fraction of sp³-hybridized carbons (Fsp3) is 0. The first-order chi connectivity index (χ1) is 9.94. The van der Waals surface area contributed by atoms with Crippen LogP contribution in [0, 0.1) is 3.57 Å². The van der Waals surface area contributed by atoms with E-state index >= 15 is 0 Å². The lowest BCUT2D eigenvalue weighted by Crippen LogP contribution is -2.06. The Bertz CT molecular complexity index is 905. The average Bonchev–Trinajstić information content (AvgIpc) is 2.22. The van der Waals surface area contributed by atoms with E-state index in [0.29, 0.717) is 6.07 Å². The normalized spacial score (nSPS) is 12.6. The number of aromatic hydroxyl groups is 1. The maximum Gasteiger partial charge on any atom is 0.466 e. The second-order valence-electron chi connectivity index (χ2n) is 3.44. The van der Waals surface area contributed by atoms with Crippen LogP contribution in [0.15, 0.2) is 21.9 Å². The molecule has 1 aromatic carbocycles. The first-order valence-electron chi connectivity index (χ1n) is 4.60. The maximum absolute atomic E-state index is 10.9. The van der Waals surface area contributed by atoms with Gasteiger partial charge in [-0.15, -0.1) is 0 Å². The van der Waals surface area contributed by atoms with Gasteiger partial charge in [0.1, 0.15) is 14.2 Å². The number of phosphoric acid groups is 1. The number of phenols is 1. The summed E-state index contributed by atoms with van der Waals surface area (Å²) in [6.45, 7) is 0. The molecule has 0 amide bonds. The van der Waals surface area contributed by atoms with Gasteiger partial charge >= 0.3 is 27.6 Å². The minimum Gasteiger partial charge on any atom is -0.507 e. The Balaban J connectivity index is 0.000000841. The second kappa shape index (κ2) is 7.45. The number of hydrogen-bond acceptors (Lipinski definition) is 8. The van der Waals surface area contributed by atoms with Crippen molar-refractivity contribution >= 4 is 47.9 Å². The second-order valence-corrected chi connectivity index (χ2v) is 9.59. The molecule has 23 heavy (non-hydrogen) atoms. The lowest BCUT2D eigenvalue weighted by atomic mass is 10.3. The minimum absolute atomic E-state index is 0.236. The number of phenolic OH excluding ortho intramolecular Hbond substituents is 1. The van der Waals surface area contributed by atoms with Crippen LogP contribution < -0.4 is 0 Å². The average molecular weight is 510 g/mol. The molecule has 0 unspecified atom stereocenters. The zero-order valence-corrected chi connectivity index (χ0v) is 15.0. The molecule has 13 nitrogen and oxygen atoms in total. The Morgan fingerprint density at radius 2 is 1.30 bits per heavy atom. The van der Waals surface area contributed by atoms with E-state index < -0.39 is 67.0 Å². The van der Waals surface area contributed by atoms with Crippen LogP contribution in [-0.2, 0) is 30.9 Å². The van der Waals surface area contributed by atoms with Crippen LogP contribution in [0.25, 0.3) is 0 Å². The van der Waals surface area contributed by atoms with Crippen molar-refractivity contribution in [3.63, 3.8) is 0 Å². The molecular weight excluding hydrogens is 502 g/mol. The van der Waals surface area contributed by atoms with Gasteiger partial charge in [0.05, 0.1) is 4.90 Å². The number of rotatable bonds is 3. The molecule has 0 radical (unpaired) electrons. The monoisotopic (exact) mass is 510 g/mol. The SMILES string of the molecule is O=I(=O)c1c(O)cc(S(=O)(=O)O)cc1S(=O)(=O)O.O=P(O)(O)O. The molecule has 0 heterocycles. The summed E-state index contributed by atoms with van der Waals surface area (Å²) in [5.74, 6) is -1.19. The summed E-state index contributed by atoms with van der Waals surface area (Å²) in [4.78, 5) is 19.2. The number of benzene rings is 1. The summed E-state index contributed by atoms with van der Waals surface area (Å²) < 4.78 is 90.3. The van der Waals surface area contributed by atoms with E-state index in [0.717, 1.165) is 0 Å². The van der Waals surface area contributed by atoms with E-state index in [4.69, 9.17) is 28.4 Å². The van der Waals surface area contributed by atoms with Gasteiger partial charge in [0.25, 0.3) is 20.2 Å². The van der Waals surface area contributed by atoms with Crippen LogP contribution in [0.1, 0.15) is 0 Å². The highest BCUT2D eigenvalue weighted by Gasteiger charge is 2.26. The van der Waals surface area contributed by atoms with Crippen molar-refractivity contribution < 1.29 is 56.4 Å². The Hall–Kier alpha value is -0.720. The van der Waals surface area contributed by atoms with Gasteiger partial charge in [0.15, 0.2) is 0 Å². The van der Waals surface area contributed by atoms with Crippen molar-refractivity contribution in [2.75, 3.05) is 0 Å². The summed E-state index contributed by atoms with van der Waals surface area (Å²) in [6, 6.07) is 0.597. The fourth-order valence-corrected chi connectivity index (χ4v) is 4.71. The summed E-state index contributed by atoms with van der Waals surface area (Å²) >= 11 is -4.52. The van der Waals surface area contributed by atoms with Crippen molar-refractivity contribution in [1.29, 1.82) is 0 Å². The molecule has 0 saturated carbocycles. The molecule has 134 valence electrons. The van der Waals surface area contributed by atoms with Gasteiger partial charge in [0, 0.05) is 6.07 Å². The van der Waals surface area contributed by atoms with E-state index in [2.05, 4.69) is 0 Å². The largest absolute Gasteiger partial charge is 0.507 e. The summed E-state index contributed by atoms with van der Waals surface area (Å²) in [5, 5.41) is 9.26. The third-order valence-electron chi connectivity index (χ3n) is 1.72. The van der Waals surface area contributed by atoms with Gasteiger partial charge in [-0.25, -0.2) is 10.7 Å². The lowest BCUT2D eigenvalue weighted by Gasteiger charge is -2.05. The zero-order chi connectivity index (χ0) is 18.8. The highest BCUT2D eigenvalue weighted by Crippen LogP contribution is 2.35. The molecule has 1 aromatic rings. The van der Waals surface area contributed by atoms with Gasteiger partial charge in [0.2, 0.25) is 0 Å². The van der Waals surface area contributed by atoms with E-state index in [1.54, 1.807) is 0 Å². The summed E-state index contributed by atoms with van der Waals surface area (Å²) in [7, 11) is -14.6. The van der Waals surface area contributed by atoms with Crippen LogP contribution in [0.2, 0.25) is 0 Å². The van der Waals surface area contributed by atoms with E-state index in [-0.39, 0.29) is 6.07 Å². The standard InChI is InChI=1S/C6H5IO9S2.H3O4P/c8-4-1-3(17(11,12)13)2-5(18(14,15)16)6(4)7(9)10;1-5(2,3)4/h1-2,8H,(H,11,12,13)(H,14,15,16);(H3,1,2,3,4). The molecule has 0 aromatic heterocycles. The van der Waals surface area contributed by atoms with Crippen molar-refractivity contribution in [3.05, 3.63) is 15.7 Å². The van der Waals surface area contributed by atoms with Crippen molar-refractivity contribution in [2.24, 2.45) is 0 Å². The molecule has 0 aliphatic heterocycles. The van der Waals surface area contributed by atoms with Gasteiger partial charge in [-0.3, -0.25) is 9.11 Å². The molecule has 0 aliphatic rings. The summed E-state index contributed by atoms with van der Waals surface area (Å²) in [6.07, 6.45) is 0. The molecule has 0 atom stereocenters. The van der Waals surface area contributed by atoms with Crippen molar-refractivity contribution in [1.82, 2.24) is 0 Å². The van der Waals surface area contributed by atoms with Crippen LogP contribution in [0.3, 0.4) is 0 Å². The molecule has 0 aliphatic carbocycles. The molecule has 1 rings (SSSR count). The quantitative estimate of drug-likeness (QED) is 0.168. The third kappa shape index (κ3) is 8.08. The minimum atomic E-state index is -5.08. The first kappa shape index (κ1) is 22.3. The molecule has 0 spiro atoms. The van der Waals surface area contributed by atoms with Crippen LogP contribution in [0.5, 0.6) is 5.75 Å². The van der Waals surface area contributed by atoms with Crippen LogP contribution in [-0.4, -0.2) is 45.7 Å². The fourth-order valence-electron chi connectivity index (χ4n) is 1.05. The third-order valence-corrected chi connectivity index (χ3v) is 5.81. The Labute approximate surface area is 135 Å². The molecule has 6 N–H and O–H groups in total. The van der Waals surface area contributed by atoms with Crippen LogP contribution in [0.4, 0.5) is 0 Å². The van der Waals surface area contributed by atoms with E-state index in [1.807, 2.05) is 0 Å². The van der Waals surface area contributed by atoms with Gasteiger partial charge < -0.3 is 19.8 Å². The Kier molecular flexibility index (Phi) is 7.21. The molecule has 17 heteroatoms. The number of hydrogen-bond donors (Lipinski definition) is 6. The van der Waals surface area contributed by atoms with E-state index in [9.17, 15) is 28.1 Å². The Morgan fingerprint density at radius 3 is 1.57 bits per heavy atom. The van der Waals surface area contributed by atoms with Gasteiger partial charge in [-0.05, 0) is 6.07 Å². The Morgan fingerprint density at radius 1 is 0.913 bits per heavy atom. The smallest absolute Gasteiger partial charge is 0.466 e. The van der Waals surface area contributed by atoms with Gasteiger partial charge in [-0.2, -0.15) is 16.8 Å². The molecular formula is C6H8IO13PS2. The summed E-state index contributed by atoms with van der Waals surface area (Å²) in [5.41, 5.74) is 0. The topological polar surface area (TPSA) is 241 Å². The molecule has 0 fully saturated rings. The first-order valence-corrected chi connectivity index (χ1v) is 11.9. The predicted molar refractivity (Wildman–Crippen MR) is 76.1 cm³/mol. The number of halogens is 1. The highest BCUT2D eigenvalue weighted by molar-refractivity contribution is 14.2. The lowest BCUT2D eigenvalue weighted by molar-refractivity contribution is 0.275. The highest BCUT2D eigenvalue weighted by atomic mass is 127. The van der Waals surface area contributed by atoms with Gasteiger partial charge in [-0.1, -0.05) is 0 Å². The maximum atomic E-state index is 10.9.